The molecule has 2 rings (SSSR count). The van der Waals surface area contributed by atoms with Gasteiger partial charge < -0.3 is 20.1 Å². The van der Waals surface area contributed by atoms with Crippen molar-refractivity contribution in [3.8, 4) is 11.8 Å². The molecule has 0 aliphatic carbocycles. The van der Waals surface area contributed by atoms with Gasteiger partial charge in [-0.2, -0.15) is 5.26 Å². The first-order valence-corrected chi connectivity index (χ1v) is 6.12. The first kappa shape index (κ1) is 15.1. The van der Waals surface area contributed by atoms with Gasteiger partial charge in [-0.25, -0.2) is 0 Å². The summed E-state index contributed by atoms with van der Waals surface area (Å²) in [6.45, 7) is -0.683. The van der Waals surface area contributed by atoms with Crippen LogP contribution >= 0.6 is 0 Å². The second-order valence-electron chi connectivity index (χ2n) is 4.51. The van der Waals surface area contributed by atoms with Crippen molar-refractivity contribution < 1.29 is 19.8 Å². The van der Waals surface area contributed by atoms with Gasteiger partial charge >= 0.3 is 5.97 Å². The molecule has 0 spiro atoms. The maximum absolute atomic E-state index is 12.2. The summed E-state index contributed by atoms with van der Waals surface area (Å²) in [6.07, 6.45) is 0. The Morgan fingerprint density at radius 2 is 2.09 bits per heavy atom. The lowest BCUT2D eigenvalue weighted by atomic mass is 10.1. The summed E-state index contributed by atoms with van der Waals surface area (Å²) in [5.41, 5.74) is -0.737. The number of hydrogen-bond donors (Lipinski definition) is 3. The number of benzene rings is 1. The van der Waals surface area contributed by atoms with E-state index in [9.17, 15) is 19.5 Å². The first-order chi connectivity index (χ1) is 10.4. The molecule has 8 nitrogen and oxygen atoms in total. The largest absolute Gasteiger partial charge is 0.506 e. The number of carboxylic acid groups (broad SMARTS) is 1. The van der Waals surface area contributed by atoms with Gasteiger partial charge in [0.25, 0.3) is 11.5 Å². The van der Waals surface area contributed by atoms with E-state index < -0.39 is 35.3 Å². The number of nitriles is 1. The minimum absolute atomic E-state index is 0.154. The molecule has 0 saturated heterocycles. The predicted molar refractivity (Wildman–Crippen MR) is 75.5 cm³/mol. The molecule has 0 unspecified atom stereocenters. The number of carboxylic acids is 1. The Labute approximate surface area is 123 Å². The molecule has 8 heteroatoms. The van der Waals surface area contributed by atoms with E-state index in [1.165, 1.54) is 25.2 Å². The van der Waals surface area contributed by atoms with E-state index in [4.69, 9.17) is 10.4 Å². The number of carbonyl (C=O) groups excluding carboxylic acids is 1. The van der Waals surface area contributed by atoms with E-state index in [-0.39, 0.29) is 10.9 Å². The molecular formula is C14H11N3O5. The van der Waals surface area contributed by atoms with Crippen LogP contribution in [0, 0.1) is 11.3 Å². The van der Waals surface area contributed by atoms with Gasteiger partial charge in [0.2, 0.25) is 0 Å². The highest BCUT2D eigenvalue weighted by molar-refractivity contribution is 6.03. The molecule has 3 N–H and O–H groups in total. The van der Waals surface area contributed by atoms with Crippen LogP contribution in [-0.2, 0) is 11.8 Å². The van der Waals surface area contributed by atoms with Crippen LogP contribution in [0.3, 0.4) is 0 Å². The fourth-order valence-electron chi connectivity index (χ4n) is 2.05. The quantitative estimate of drug-likeness (QED) is 0.727. The predicted octanol–water partition coefficient (Wildman–Crippen LogP) is -0.0698. The van der Waals surface area contributed by atoms with E-state index in [1.54, 1.807) is 0 Å². The molecule has 0 atom stereocenters. The molecule has 0 fully saturated rings. The number of rotatable bonds is 3. The summed E-state index contributed by atoms with van der Waals surface area (Å²) in [5, 5.41) is 29.8. The number of nitrogens with zero attached hydrogens (tertiary/aromatic N) is 2. The monoisotopic (exact) mass is 301 g/mol. The normalized spacial score (nSPS) is 10.2. The van der Waals surface area contributed by atoms with Gasteiger partial charge in [0, 0.05) is 12.4 Å². The van der Waals surface area contributed by atoms with Crippen molar-refractivity contribution in [2.24, 2.45) is 7.05 Å². The van der Waals surface area contributed by atoms with Gasteiger partial charge in [0.05, 0.1) is 17.1 Å². The zero-order chi connectivity index (χ0) is 16.4. The number of fused-ring (bicyclic) bond motifs is 1. The van der Waals surface area contributed by atoms with Crippen LogP contribution < -0.4 is 10.9 Å². The van der Waals surface area contributed by atoms with Crippen LogP contribution in [0.1, 0.15) is 15.9 Å². The van der Waals surface area contributed by atoms with Crippen molar-refractivity contribution in [1.82, 2.24) is 9.88 Å². The fourth-order valence-corrected chi connectivity index (χ4v) is 2.05. The summed E-state index contributed by atoms with van der Waals surface area (Å²) >= 11 is 0. The highest BCUT2D eigenvalue weighted by Crippen LogP contribution is 2.26. The Hall–Kier alpha value is -3.34. The molecule has 1 heterocycles. The Morgan fingerprint density at radius 1 is 1.41 bits per heavy atom. The van der Waals surface area contributed by atoms with Gasteiger partial charge in [0.15, 0.2) is 0 Å². The number of hydrogen-bond acceptors (Lipinski definition) is 5. The Kier molecular flexibility index (Phi) is 3.81. The number of aromatic nitrogens is 1. The van der Waals surface area contributed by atoms with Crippen LogP contribution in [0.5, 0.6) is 5.75 Å². The molecule has 0 aliphatic rings. The zero-order valence-electron chi connectivity index (χ0n) is 11.5. The second kappa shape index (κ2) is 5.57. The van der Waals surface area contributed by atoms with Gasteiger partial charge in [-0.3, -0.25) is 14.4 Å². The zero-order valence-corrected chi connectivity index (χ0v) is 11.5. The third-order valence-electron chi connectivity index (χ3n) is 3.12. The lowest BCUT2D eigenvalue weighted by Gasteiger charge is -2.11. The van der Waals surface area contributed by atoms with Crippen molar-refractivity contribution in [3.63, 3.8) is 0 Å². The standard InChI is InChI=1S/C14H11N3O5/c1-17-9-3-2-7(5-15)4-8(9)12(20)11(14(17)22)13(21)16-6-10(18)19/h2-4,20H,6H2,1H3,(H,16,21)(H,18,19). The minimum atomic E-state index is -1.28. The number of carbonyl (C=O) groups is 2. The molecule has 0 saturated carbocycles. The highest BCUT2D eigenvalue weighted by atomic mass is 16.4. The summed E-state index contributed by atoms with van der Waals surface area (Å²) in [5.74, 6) is -2.86. The number of aryl methyl sites for hydroxylation is 1. The first-order valence-electron chi connectivity index (χ1n) is 6.12. The van der Waals surface area contributed by atoms with E-state index in [1.807, 2.05) is 11.4 Å². The molecule has 22 heavy (non-hydrogen) atoms. The topological polar surface area (TPSA) is 132 Å². The van der Waals surface area contributed by atoms with Crippen LogP contribution in [0.4, 0.5) is 0 Å². The summed E-state index contributed by atoms with van der Waals surface area (Å²) in [7, 11) is 1.41. The maximum Gasteiger partial charge on any atom is 0.322 e. The van der Waals surface area contributed by atoms with Crippen molar-refractivity contribution in [2.45, 2.75) is 0 Å². The Bertz CT molecular complexity index is 892. The van der Waals surface area contributed by atoms with Crippen LogP contribution in [-0.4, -0.2) is 33.2 Å². The number of pyridine rings is 1. The SMILES string of the molecule is Cn1c(=O)c(C(=O)NCC(=O)O)c(O)c2cc(C#N)ccc21. The van der Waals surface area contributed by atoms with Gasteiger partial charge in [-0.15, -0.1) is 0 Å². The lowest BCUT2D eigenvalue weighted by Crippen LogP contribution is -2.35. The summed E-state index contributed by atoms with van der Waals surface area (Å²) < 4.78 is 1.14. The molecule has 1 aromatic carbocycles. The fraction of sp³-hybridized carbons (Fsp3) is 0.143. The average molecular weight is 301 g/mol. The number of aromatic hydroxyl groups is 1. The summed E-state index contributed by atoms with van der Waals surface area (Å²) in [6, 6.07) is 6.20. The molecule has 0 radical (unpaired) electrons. The third kappa shape index (κ3) is 2.47. The van der Waals surface area contributed by atoms with E-state index >= 15 is 0 Å². The van der Waals surface area contributed by atoms with Gasteiger partial charge in [-0.1, -0.05) is 0 Å². The lowest BCUT2D eigenvalue weighted by molar-refractivity contribution is -0.135. The van der Waals surface area contributed by atoms with E-state index in [0.717, 1.165) is 4.57 Å². The average Bonchev–Trinajstić information content (AvgIpc) is 2.50. The minimum Gasteiger partial charge on any atom is -0.506 e. The Balaban J connectivity index is 2.69. The van der Waals surface area contributed by atoms with Crippen molar-refractivity contribution >= 4 is 22.8 Å². The molecular weight excluding hydrogens is 290 g/mol. The van der Waals surface area contributed by atoms with Crippen LogP contribution in [0.2, 0.25) is 0 Å². The highest BCUT2D eigenvalue weighted by Gasteiger charge is 2.21. The number of aliphatic carboxylic acids is 1. The van der Waals surface area contributed by atoms with Crippen LogP contribution in [0.25, 0.3) is 10.9 Å². The molecule has 1 aromatic heterocycles. The number of amides is 1. The summed E-state index contributed by atoms with van der Waals surface area (Å²) in [4.78, 5) is 34.6. The van der Waals surface area contributed by atoms with Crippen molar-refractivity contribution in [3.05, 3.63) is 39.7 Å². The van der Waals surface area contributed by atoms with Crippen molar-refractivity contribution in [2.75, 3.05) is 6.54 Å². The van der Waals surface area contributed by atoms with E-state index in [2.05, 4.69) is 0 Å². The van der Waals surface area contributed by atoms with E-state index in [0.29, 0.717) is 5.52 Å². The smallest absolute Gasteiger partial charge is 0.322 e. The maximum atomic E-state index is 12.2. The van der Waals surface area contributed by atoms with Gasteiger partial charge in [0.1, 0.15) is 17.9 Å². The molecule has 112 valence electrons. The third-order valence-corrected chi connectivity index (χ3v) is 3.12. The number of nitrogens with one attached hydrogen (secondary N) is 1. The van der Waals surface area contributed by atoms with Gasteiger partial charge in [-0.05, 0) is 18.2 Å². The Morgan fingerprint density at radius 3 is 2.68 bits per heavy atom. The van der Waals surface area contributed by atoms with Crippen LogP contribution in [0.15, 0.2) is 23.0 Å². The van der Waals surface area contributed by atoms with Crippen molar-refractivity contribution in [1.29, 1.82) is 5.26 Å². The molecule has 2 aromatic rings. The molecule has 1 amide bonds. The molecule has 0 bridgehead atoms. The second-order valence-corrected chi connectivity index (χ2v) is 4.51. The molecule has 0 aliphatic heterocycles.